The molecule has 0 unspecified atom stereocenters. The van der Waals surface area contributed by atoms with Crippen LogP contribution < -0.4 is 5.32 Å². The van der Waals surface area contributed by atoms with Gasteiger partial charge in [0.1, 0.15) is 17.9 Å². The highest BCUT2D eigenvalue weighted by molar-refractivity contribution is 6.31. The highest BCUT2D eigenvalue weighted by Crippen LogP contribution is 2.35. The van der Waals surface area contributed by atoms with Gasteiger partial charge >= 0.3 is 0 Å². The summed E-state index contributed by atoms with van der Waals surface area (Å²) in [5.41, 5.74) is 1.76. The van der Waals surface area contributed by atoms with Gasteiger partial charge in [0.2, 0.25) is 5.88 Å². The highest BCUT2D eigenvalue weighted by atomic mass is 35.5. The Labute approximate surface area is 150 Å². The Morgan fingerprint density at radius 2 is 2.32 bits per heavy atom. The first-order valence-electron chi connectivity index (χ1n) is 8.16. The van der Waals surface area contributed by atoms with Gasteiger partial charge in [-0.05, 0) is 31.5 Å². The molecule has 2 aliphatic heterocycles. The average Bonchev–Trinajstić information content (AvgIpc) is 3.14. The van der Waals surface area contributed by atoms with Crippen LogP contribution in [0.2, 0.25) is 5.02 Å². The van der Waals surface area contributed by atoms with E-state index in [1.54, 1.807) is 37.5 Å². The second-order valence-corrected chi connectivity index (χ2v) is 6.53. The first-order chi connectivity index (χ1) is 12.1. The number of rotatable bonds is 3. The third-order valence-electron chi connectivity index (χ3n) is 4.37. The topological polar surface area (TPSA) is 70.2 Å². The van der Waals surface area contributed by atoms with Crippen molar-refractivity contribution in [2.75, 3.05) is 11.9 Å². The summed E-state index contributed by atoms with van der Waals surface area (Å²) >= 11 is 5.99. The molecule has 0 saturated carbocycles. The van der Waals surface area contributed by atoms with E-state index in [9.17, 15) is 4.79 Å². The molecule has 3 heterocycles. The van der Waals surface area contributed by atoms with Gasteiger partial charge in [-0.15, -0.1) is 0 Å². The van der Waals surface area contributed by atoms with Crippen LogP contribution in [0, 0.1) is 6.92 Å². The van der Waals surface area contributed by atoms with E-state index in [-0.39, 0.29) is 11.9 Å². The van der Waals surface area contributed by atoms with Gasteiger partial charge in [0.15, 0.2) is 0 Å². The van der Waals surface area contributed by atoms with Gasteiger partial charge in [0, 0.05) is 17.3 Å². The lowest BCUT2D eigenvalue weighted by Gasteiger charge is -2.18. The minimum absolute atomic E-state index is 0.200. The summed E-state index contributed by atoms with van der Waals surface area (Å²) in [7, 11) is 0. The Morgan fingerprint density at radius 3 is 3.08 bits per heavy atom. The molecule has 0 fully saturated rings. The Kier molecular flexibility index (Phi) is 3.84. The molecule has 2 aromatic rings. The number of nitrogens with zero attached hydrogens (tertiary/aromatic N) is 3. The van der Waals surface area contributed by atoms with E-state index < -0.39 is 0 Å². The zero-order chi connectivity index (χ0) is 17.6. The number of nitrogens with one attached hydrogen (secondary N) is 1. The zero-order valence-electron chi connectivity index (χ0n) is 13.9. The van der Waals surface area contributed by atoms with Crippen molar-refractivity contribution in [1.82, 2.24) is 4.90 Å². The molecule has 1 aromatic heterocycles. The summed E-state index contributed by atoms with van der Waals surface area (Å²) in [5, 5.41) is 3.43. The van der Waals surface area contributed by atoms with Gasteiger partial charge < -0.3 is 14.6 Å². The largest absolute Gasteiger partial charge is 0.442 e. The quantitative estimate of drug-likeness (QED) is 0.903. The summed E-state index contributed by atoms with van der Waals surface area (Å²) in [6.07, 6.45) is 2.66. The van der Waals surface area contributed by atoms with Crippen molar-refractivity contribution >= 4 is 41.3 Å². The van der Waals surface area contributed by atoms with E-state index >= 15 is 0 Å². The number of halogens is 1. The molecule has 1 atom stereocenters. The number of fused-ring (bicyclic) bond motifs is 3. The predicted octanol–water partition coefficient (Wildman–Crippen LogP) is 4.01. The molecule has 2 aliphatic rings. The Balaban J connectivity index is 1.73. The number of carbonyl (C=O) groups is 1. The second kappa shape index (κ2) is 6.04. The molecule has 25 heavy (non-hydrogen) atoms. The van der Waals surface area contributed by atoms with Gasteiger partial charge in [0.25, 0.3) is 5.91 Å². The molecule has 1 amide bonds. The van der Waals surface area contributed by atoms with Gasteiger partial charge in [-0.2, -0.15) is 0 Å². The van der Waals surface area contributed by atoms with Gasteiger partial charge in [-0.1, -0.05) is 24.6 Å². The van der Waals surface area contributed by atoms with Crippen molar-refractivity contribution in [2.45, 2.75) is 26.3 Å². The number of hydrogen-bond donors (Lipinski definition) is 1. The van der Waals surface area contributed by atoms with Crippen molar-refractivity contribution in [3.63, 3.8) is 0 Å². The standard InChI is InChI=1S/C18H17ClN4O2/c1-3-12-8-23-9-20-18-15(16(23)21-12)14(10(2)25-18)17(24)22-13-6-4-5-11(19)7-13/h4-7,9,12H,3,8H2,1-2H3,(H,22,24)/t12-/m1/s1. The molecule has 0 bridgehead atoms. The van der Waals surface area contributed by atoms with Crippen molar-refractivity contribution in [1.29, 1.82) is 0 Å². The van der Waals surface area contributed by atoms with Crippen LogP contribution in [0.1, 0.15) is 35.0 Å². The van der Waals surface area contributed by atoms with Crippen LogP contribution in [0.4, 0.5) is 11.6 Å². The maximum absolute atomic E-state index is 12.9. The van der Waals surface area contributed by atoms with Gasteiger partial charge in [-0.25, -0.2) is 4.99 Å². The minimum atomic E-state index is -0.260. The van der Waals surface area contributed by atoms with Crippen LogP contribution >= 0.6 is 11.6 Å². The van der Waals surface area contributed by atoms with Crippen LogP contribution in [0.5, 0.6) is 0 Å². The van der Waals surface area contributed by atoms with Crippen LogP contribution in [-0.4, -0.2) is 35.6 Å². The van der Waals surface area contributed by atoms with E-state index in [2.05, 4.69) is 17.2 Å². The fourth-order valence-corrected chi connectivity index (χ4v) is 3.31. The number of aryl methyl sites for hydroxylation is 1. The highest BCUT2D eigenvalue weighted by Gasteiger charge is 2.35. The molecule has 4 rings (SSSR count). The normalized spacial score (nSPS) is 18.0. The maximum atomic E-state index is 12.9. The van der Waals surface area contributed by atoms with Crippen molar-refractivity contribution in [3.05, 3.63) is 46.2 Å². The number of benzene rings is 1. The summed E-state index contributed by atoms with van der Waals surface area (Å²) in [6.45, 7) is 4.63. The summed E-state index contributed by atoms with van der Waals surface area (Å²) in [4.78, 5) is 23.9. The first-order valence-corrected chi connectivity index (χ1v) is 8.54. The number of carbonyl (C=O) groups excluding carboxylic acids is 1. The van der Waals surface area contributed by atoms with Crippen LogP contribution in [0.25, 0.3) is 0 Å². The molecule has 1 N–H and O–H groups in total. The van der Waals surface area contributed by atoms with Crippen LogP contribution in [0.3, 0.4) is 0 Å². The molecule has 0 aliphatic carbocycles. The maximum Gasteiger partial charge on any atom is 0.260 e. The molecular weight excluding hydrogens is 340 g/mol. The number of aliphatic imine (C=N–C) groups is 2. The average molecular weight is 357 g/mol. The number of anilines is 1. The summed E-state index contributed by atoms with van der Waals surface area (Å²) in [5.74, 6) is 1.45. The minimum Gasteiger partial charge on any atom is -0.442 e. The Morgan fingerprint density at radius 1 is 1.48 bits per heavy atom. The smallest absolute Gasteiger partial charge is 0.260 e. The fraction of sp³-hybridized carbons (Fsp3) is 0.278. The predicted molar refractivity (Wildman–Crippen MR) is 98.3 cm³/mol. The molecule has 7 heteroatoms. The molecule has 1 aromatic carbocycles. The monoisotopic (exact) mass is 356 g/mol. The molecule has 0 spiro atoms. The zero-order valence-corrected chi connectivity index (χ0v) is 14.7. The lowest BCUT2D eigenvalue weighted by molar-refractivity contribution is 0.102. The van der Waals surface area contributed by atoms with Gasteiger partial charge in [-0.3, -0.25) is 9.79 Å². The number of furan rings is 1. The van der Waals surface area contributed by atoms with E-state index in [0.717, 1.165) is 18.8 Å². The molecule has 6 nitrogen and oxygen atoms in total. The molecule has 0 radical (unpaired) electrons. The molecular formula is C18H17ClN4O2. The fourth-order valence-electron chi connectivity index (χ4n) is 3.12. The number of hydrogen-bond acceptors (Lipinski definition) is 5. The second-order valence-electron chi connectivity index (χ2n) is 6.09. The summed E-state index contributed by atoms with van der Waals surface area (Å²) in [6, 6.07) is 7.23. The van der Waals surface area contributed by atoms with Crippen LogP contribution in [-0.2, 0) is 0 Å². The molecule has 128 valence electrons. The summed E-state index contributed by atoms with van der Waals surface area (Å²) < 4.78 is 5.70. The number of amidine groups is 1. The van der Waals surface area contributed by atoms with Crippen molar-refractivity contribution in [3.8, 4) is 0 Å². The van der Waals surface area contributed by atoms with E-state index in [4.69, 9.17) is 21.0 Å². The first kappa shape index (κ1) is 15.9. The SMILES string of the molecule is CC[C@@H]1CN2C=Nc3oc(C)c(C(=O)Nc4cccc(Cl)c4)c3C2=N1. The Hall–Kier alpha value is -2.60. The number of amides is 1. The Bertz CT molecular complexity index is 916. The van der Waals surface area contributed by atoms with Crippen LogP contribution in [0.15, 0.2) is 38.7 Å². The van der Waals surface area contributed by atoms with E-state index in [1.807, 2.05) is 4.90 Å². The van der Waals surface area contributed by atoms with Crippen molar-refractivity contribution < 1.29 is 9.21 Å². The molecule has 0 saturated heterocycles. The van der Waals surface area contributed by atoms with Gasteiger partial charge in [0.05, 0.1) is 17.2 Å². The lowest BCUT2D eigenvalue weighted by atomic mass is 10.1. The third-order valence-corrected chi connectivity index (χ3v) is 4.60. The lowest BCUT2D eigenvalue weighted by Crippen LogP contribution is -2.31. The van der Waals surface area contributed by atoms with Crippen molar-refractivity contribution in [2.24, 2.45) is 9.98 Å². The third kappa shape index (κ3) is 2.72. The van der Waals surface area contributed by atoms with E-state index in [1.165, 1.54) is 0 Å². The van der Waals surface area contributed by atoms with E-state index in [0.29, 0.717) is 33.5 Å².